The molecule has 17 heavy (non-hydrogen) atoms. The second-order valence-corrected chi connectivity index (χ2v) is 6.94. The first-order chi connectivity index (χ1) is 8.06. The summed E-state index contributed by atoms with van der Waals surface area (Å²) in [5, 5.41) is 2.48. The van der Waals surface area contributed by atoms with Crippen molar-refractivity contribution in [1.29, 1.82) is 0 Å². The second kappa shape index (κ2) is 5.65. The van der Waals surface area contributed by atoms with Crippen LogP contribution in [0, 0.1) is 8.70 Å². The lowest BCUT2D eigenvalue weighted by Gasteiger charge is -2.11. The van der Waals surface area contributed by atoms with E-state index in [-0.39, 0.29) is 11.9 Å². The van der Waals surface area contributed by atoms with E-state index in [9.17, 15) is 4.39 Å². The summed E-state index contributed by atoms with van der Waals surface area (Å²) in [4.78, 5) is 0. The van der Waals surface area contributed by atoms with Crippen LogP contribution in [0.2, 0.25) is 5.02 Å². The maximum absolute atomic E-state index is 12.9. The first-order valence-corrected chi connectivity index (χ1v) is 7.33. The minimum Gasteiger partial charge on any atom is -0.324 e. The molecule has 0 aliphatic carbocycles. The molecule has 1 aromatic carbocycles. The predicted molar refractivity (Wildman–Crippen MR) is 79.1 cm³/mol. The number of thiophene rings is 1. The van der Waals surface area contributed by atoms with Crippen LogP contribution in [0.4, 0.5) is 4.39 Å². The van der Waals surface area contributed by atoms with Gasteiger partial charge in [0.15, 0.2) is 0 Å². The van der Waals surface area contributed by atoms with Gasteiger partial charge in [0.25, 0.3) is 0 Å². The lowest BCUT2D eigenvalue weighted by Crippen LogP contribution is -2.12. The summed E-state index contributed by atoms with van der Waals surface area (Å²) in [5.74, 6) is -0.322. The maximum atomic E-state index is 12.9. The molecule has 1 unspecified atom stereocenters. The molecule has 0 saturated carbocycles. The molecule has 1 aromatic heterocycles. The summed E-state index contributed by atoms with van der Waals surface area (Å²) < 4.78 is 14.1. The zero-order chi connectivity index (χ0) is 12.4. The molecule has 2 rings (SSSR count). The minimum atomic E-state index is -0.322. The molecule has 0 radical (unpaired) electrons. The fourth-order valence-electron chi connectivity index (χ4n) is 1.56. The number of hydrogen-bond donors (Lipinski definition) is 1. The maximum Gasteiger partial charge on any atom is 0.124 e. The van der Waals surface area contributed by atoms with Gasteiger partial charge in [-0.25, -0.2) is 4.39 Å². The second-order valence-electron chi connectivity index (χ2n) is 3.73. The van der Waals surface area contributed by atoms with Gasteiger partial charge in [-0.3, -0.25) is 0 Å². The first kappa shape index (κ1) is 13.3. The summed E-state index contributed by atoms with van der Waals surface area (Å²) >= 11 is 9.90. The molecule has 1 nitrogen and oxygen atoms in total. The highest BCUT2D eigenvalue weighted by Crippen LogP contribution is 2.26. The summed E-state index contributed by atoms with van der Waals surface area (Å²) in [6.07, 6.45) is 0.617. The fraction of sp³-hybridized carbons (Fsp3) is 0.167. The highest BCUT2D eigenvalue weighted by atomic mass is 127. The first-order valence-electron chi connectivity index (χ1n) is 4.99. The quantitative estimate of drug-likeness (QED) is 0.784. The highest BCUT2D eigenvalue weighted by Gasteiger charge is 2.11. The van der Waals surface area contributed by atoms with Gasteiger partial charge in [-0.1, -0.05) is 17.7 Å². The van der Waals surface area contributed by atoms with Crippen LogP contribution in [0.3, 0.4) is 0 Å². The lowest BCUT2D eigenvalue weighted by molar-refractivity contribution is 0.625. The Morgan fingerprint density at radius 3 is 2.76 bits per heavy atom. The zero-order valence-corrected chi connectivity index (χ0v) is 12.5. The molecule has 0 fully saturated rings. The third kappa shape index (κ3) is 3.40. The standard InChI is InChI=1S/C12H10ClFINS/c13-10-5-9(14)2-1-7(10)3-11(16)8-4-12(15)17-6-8/h1-2,4-6,11H,3,16H2. The predicted octanol–water partition coefficient (Wildman–Crippen LogP) is 4.39. The SMILES string of the molecule is NC(Cc1ccc(F)cc1Cl)c1csc(I)c1. The van der Waals surface area contributed by atoms with Crippen molar-refractivity contribution in [3.8, 4) is 0 Å². The molecule has 0 bridgehead atoms. The van der Waals surface area contributed by atoms with E-state index in [1.807, 2.05) is 5.38 Å². The van der Waals surface area contributed by atoms with Gasteiger partial charge >= 0.3 is 0 Å². The molecule has 5 heteroatoms. The summed E-state index contributed by atoms with van der Waals surface area (Å²) in [5.41, 5.74) is 8.07. The van der Waals surface area contributed by atoms with Gasteiger partial charge in [-0.2, -0.15) is 0 Å². The van der Waals surface area contributed by atoms with Gasteiger partial charge < -0.3 is 5.73 Å². The van der Waals surface area contributed by atoms with E-state index < -0.39 is 0 Å². The third-order valence-corrected chi connectivity index (χ3v) is 4.63. The van der Waals surface area contributed by atoms with Crippen LogP contribution in [0.5, 0.6) is 0 Å². The average Bonchev–Trinajstić information content (AvgIpc) is 2.69. The number of hydrogen-bond acceptors (Lipinski definition) is 2. The fourth-order valence-corrected chi connectivity index (χ4v) is 3.24. The van der Waals surface area contributed by atoms with E-state index in [1.165, 1.54) is 15.0 Å². The molecular formula is C12H10ClFINS. The molecule has 0 amide bonds. The monoisotopic (exact) mass is 381 g/mol. The Kier molecular flexibility index (Phi) is 4.41. The average molecular weight is 382 g/mol. The van der Waals surface area contributed by atoms with Crippen LogP contribution < -0.4 is 5.73 Å². The van der Waals surface area contributed by atoms with Crippen molar-refractivity contribution >= 4 is 45.5 Å². The van der Waals surface area contributed by atoms with E-state index in [1.54, 1.807) is 17.4 Å². The van der Waals surface area contributed by atoms with E-state index in [2.05, 4.69) is 28.7 Å². The Bertz CT molecular complexity index is 529. The topological polar surface area (TPSA) is 26.0 Å². The molecule has 0 saturated heterocycles. The van der Waals surface area contributed by atoms with E-state index >= 15 is 0 Å². The van der Waals surface area contributed by atoms with Crippen molar-refractivity contribution in [2.45, 2.75) is 12.5 Å². The van der Waals surface area contributed by atoms with E-state index in [0.29, 0.717) is 11.4 Å². The normalized spacial score (nSPS) is 12.7. The smallest absolute Gasteiger partial charge is 0.124 e. The molecule has 2 aromatic rings. The Labute approximate surface area is 122 Å². The third-order valence-electron chi connectivity index (χ3n) is 2.47. The molecule has 1 heterocycles. The number of halogens is 3. The van der Waals surface area contributed by atoms with Crippen molar-refractivity contribution in [2.24, 2.45) is 5.73 Å². The zero-order valence-electron chi connectivity index (χ0n) is 8.79. The van der Waals surface area contributed by atoms with Crippen molar-refractivity contribution in [3.63, 3.8) is 0 Å². The molecule has 1 atom stereocenters. The Morgan fingerprint density at radius 2 is 2.18 bits per heavy atom. The largest absolute Gasteiger partial charge is 0.324 e. The van der Waals surface area contributed by atoms with Crippen molar-refractivity contribution in [1.82, 2.24) is 0 Å². The lowest BCUT2D eigenvalue weighted by atomic mass is 10.0. The summed E-state index contributed by atoms with van der Waals surface area (Å²) in [6.45, 7) is 0. The number of nitrogens with two attached hydrogens (primary N) is 1. The van der Waals surface area contributed by atoms with Crippen LogP contribution in [0.25, 0.3) is 0 Å². The van der Waals surface area contributed by atoms with Gasteiger partial charge in [0.2, 0.25) is 0 Å². The van der Waals surface area contributed by atoms with Crippen LogP contribution in [0.1, 0.15) is 17.2 Å². The Hall–Kier alpha value is -0.170. The van der Waals surface area contributed by atoms with Crippen molar-refractivity contribution < 1.29 is 4.39 Å². The highest BCUT2D eigenvalue weighted by molar-refractivity contribution is 14.1. The number of rotatable bonds is 3. The summed E-state index contributed by atoms with van der Waals surface area (Å²) in [7, 11) is 0. The van der Waals surface area contributed by atoms with Gasteiger partial charge in [0.1, 0.15) is 5.82 Å². The molecule has 2 N–H and O–H groups in total. The molecule has 0 aliphatic rings. The van der Waals surface area contributed by atoms with Gasteiger partial charge in [0.05, 0.1) is 2.88 Å². The van der Waals surface area contributed by atoms with E-state index in [4.69, 9.17) is 17.3 Å². The molecular weight excluding hydrogens is 372 g/mol. The van der Waals surface area contributed by atoms with Crippen LogP contribution in [0.15, 0.2) is 29.6 Å². The van der Waals surface area contributed by atoms with E-state index in [0.717, 1.165) is 11.1 Å². The van der Waals surface area contributed by atoms with Gasteiger partial charge in [-0.05, 0) is 63.7 Å². The molecule has 0 aliphatic heterocycles. The van der Waals surface area contributed by atoms with Crippen LogP contribution in [-0.2, 0) is 6.42 Å². The van der Waals surface area contributed by atoms with Gasteiger partial charge in [0, 0.05) is 11.1 Å². The minimum absolute atomic E-state index is 0.0993. The Balaban J connectivity index is 2.15. The Morgan fingerprint density at radius 1 is 1.41 bits per heavy atom. The van der Waals surface area contributed by atoms with Gasteiger partial charge in [-0.15, -0.1) is 11.3 Å². The van der Waals surface area contributed by atoms with Crippen molar-refractivity contribution in [2.75, 3.05) is 0 Å². The molecule has 90 valence electrons. The van der Waals surface area contributed by atoms with Crippen LogP contribution in [-0.4, -0.2) is 0 Å². The summed E-state index contributed by atoms with van der Waals surface area (Å²) in [6, 6.07) is 6.38. The van der Waals surface area contributed by atoms with Crippen LogP contribution >= 0.6 is 45.5 Å². The van der Waals surface area contributed by atoms with Crippen molar-refractivity contribution in [3.05, 3.63) is 54.5 Å². The molecule has 0 spiro atoms. The number of benzene rings is 1.